The lowest BCUT2D eigenvalue weighted by Crippen LogP contribution is -1.98. The highest BCUT2D eigenvalue weighted by atomic mass is 79.9. The molecule has 1 aromatic heterocycles. The van der Waals surface area contributed by atoms with Crippen LogP contribution in [0.3, 0.4) is 0 Å². The summed E-state index contributed by atoms with van der Waals surface area (Å²) >= 11 is 10.7. The van der Waals surface area contributed by atoms with Crippen molar-refractivity contribution in [2.45, 2.75) is 6.54 Å². The second-order valence-electron chi connectivity index (χ2n) is 4.85. The number of anilines is 1. The van der Waals surface area contributed by atoms with Crippen molar-refractivity contribution in [3.05, 3.63) is 80.2 Å². The normalized spacial score (nSPS) is 10.5. The molecule has 0 saturated heterocycles. The summed E-state index contributed by atoms with van der Waals surface area (Å²) < 4.78 is 0.947. The van der Waals surface area contributed by atoms with Gasteiger partial charge in [0.1, 0.15) is 0 Å². The number of carbonyl (C=O) groups excluding carboxylic acids is 1. The van der Waals surface area contributed by atoms with E-state index in [1.54, 1.807) is 18.3 Å². The molecule has 3 aromatic rings. The maximum atomic E-state index is 12.4. The molecule has 0 aliphatic rings. The molecular formula is C17H12BrClN2OS. The standard InChI is InChI=1S/C17H12BrClN2OS/c18-13-6-4-12(5-7-13)16(22)15-10-21-17(23-15)20-9-11-2-1-3-14(19)8-11/h1-8,10H,9H2,(H,20,21). The first-order valence-corrected chi connectivity index (χ1v) is 8.85. The highest BCUT2D eigenvalue weighted by Crippen LogP contribution is 2.23. The van der Waals surface area contributed by atoms with E-state index in [0.29, 0.717) is 27.1 Å². The minimum Gasteiger partial charge on any atom is -0.357 e. The second-order valence-corrected chi connectivity index (χ2v) is 7.23. The van der Waals surface area contributed by atoms with Gasteiger partial charge >= 0.3 is 0 Å². The fourth-order valence-electron chi connectivity index (χ4n) is 2.03. The third-order valence-corrected chi connectivity index (χ3v) is 4.89. The van der Waals surface area contributed by atoms with E-state index in [0.717, 1.165) is 10.0 Å². The topological polar surface area (TPSA) is 42.0 Å². The molecule has 2 aromatic carbocycles. The molecule has 3 rings (SSSR count). The number of nitrogens with zero attached hydrogens (tertiary/aromatic N) is 1. The Hall–Kier alpha value is -1.69. The average Bonchev–Trinajstić information content (AvgIpc) is 3.02. The van der Waals surface area contributed by atoms with Crippen LogP contribution in [0.2, 0.25) is 5.02 Å². The number of hydrogen-bond donors (Lipinski definition) is 1. The Morgan fingerprint density at radius 2 is 2.00 bits per heavy atom. The Bertz CT molecular complexity index is 833. The Labute approximate surface area is 151 Å². The number of halogens is 2. The van der Waals surface area contributed by atoms with E-state index in [9.17, 15) is 4.79 Å². The van der Waals surface area contributed by atoms with Gasteiger partial charge in [0.15, 0.2) is 5.13 Å². The average molecular weight is 408 g/mol. The number of ketones is 1. The van der Waals surface area contributed by atoms with E-state index in [2.05, 4.69) is 26.2 Å². The molecule has 0 radical (unpaired) electrons. The molecule has 0 aliphatic heterocycles. The van der Waals surface area contributed by atoms with Gasteiger partial charge in [-0.15, -0.1) is 0 Å². The quantitative estimate of drug-likeness (QED) is 0.576. The fourth-order valence-corrected chi connectivity index (χ4v) is 3.28. The molecule has 0 fully saturated rings. The van der Waals surface area contributed by atoms with Crippen LogP contribution >= 0.6 is 38.9 Å². The van der Waals surface area contributed by atoms with Crippen LogP contribution in [-0.2, 0) is 6.54 Å². The SMILES string of the molecule is O=C(c1ccc(Br)cc1)c1cnc(NCc2cccc(Cl)c2)s1. The summed E-state index contributed by atoms with van der Waals surface area (Å²) in [6, 6.07) is 14.9. The molecule has 0 aliphatic carbocycles. The number of rotatable bonds is 5. The largest absolute Gasteiger partial charge is 0.357 e. The summed E-state index contributed by atoms with van der Waals surface area (Å²) in [6.45, 7) is 0.611. The molecule has 0 amide bonds. The summed E-state index contributed by atoms with van der Waals surface area (Å²) in [6.07, 6.45) is 1.61. The Balaban J connectivity index is 1.68. The lowest BCUT2D eigenvalue weighted by atomic mass is 10.1. The van der Waals surface area contributed by atoms with Gasteiger partial charge in [0.05, 0.1) is 11.1 Å². The van der Waals surface area contributed by atoms with Gasteiger partial charge in [0.25, 0.3) is 0 Å². The predicted octanol–water partition coefficient (Wildman–Crippen LogP) is 5.40. The van der Waals surface area contributed by atoms with Crippen LogP contribution in [-0.4, -0.2) is 10.8 Å². The highest BCUT2D eigenvalue weighted by Gasteiger charge is 2.13. The van der Waals surface area contributed by atoms with Gasteiger partial charge in [-0.2, -0.15) is 0 Å². The van der Waals surface area contributed by atoms with E-state index >= 15 is 0 Å². The van der Waals surface area contributed by atoms with Crippen LogP contribution in [0.25, 0.3) is 0 Å². The predicted molar refractivity (Wildman–Crippen MR) is 98.5 cm³/mol. The summed E-state index contributed by atoms with van der Waals surface area (Å²) in [5.41, 5.74) is 1.71. The summed E-state index contributed by atoms with van der Waals surface area (Å²) in [5, 5.41) is 4.63. The van der Waals surface area contributed by atoms with E-state index < -0.39 is 0 Å². The van der Waals surface area contributed by atoms with Crippen molar-refractivity contribution < 1.29 is 4.79 Å². The van der Waals surface area contributed by atoms with E-state index in [-0.39, 0.29) is 5.78 Å². The number of aromatic nitrogens is 1. The third kappa shape index (κ3) is 4.19. The number of nitrogens with one attached hydrogen (secondary N) is 1. The van der Waals surface area contributed by atoms with Crippen LogP contribution in [0.1, 0.15) is 20.8 Å². The van der Waals surface area contributed by atoms with Crippen LogP contribution in [0.15, 0.2) is 59.2 Å². The minimum atomic E-state index is -0.0224. The molecule has 0 spiro atoms. The third-order valence-electron chi connectivity index (χ3n) is 3.17. The number of carbonyl (C=O) groups is 1. The first-order valence-electron chi connectivity index (χ1n) is 6.86. The van der Waals surface area contributed by atoms with Gasteiger partial charge in [-0.25, -0.2) is 4.98 Å². The van der Waals surface area contributed by atoms with Gasteiger partial charge in [0.2, 0.25) is 5.78 Å². The Kier molecular flexibility index (Phi) is 5.10. The number of hydrogen-bond acceptors (Lipinski definition) is 4. The molecule has 0 unspecified atom stereocenters. The molecular weight excluding hydrogens is 396 g/mol. The van der Waals surface area contributed by atoms with Gasteiger partial charge < -0.3 is 5.32 Å². The zero-order valence-corrected chi connectivity index (χ0v) is 15.1. The van der Waals surface area contributed by atoms with Crippen molar-refractivity contribution in [3.8, 4) is 0 Å². The van der Waals surface area contributed by atoms with E-state index in [4.69, 9.17) is 11.6 Å². The Morgan fingerprint density at radius 1 is 1.22 bits per heavy atom. The van der Waals surface area contributed by atoms with Crippen molar-refractivity contribution in [1.29, 1.82) is 0 Å². The summed E-state index contributed by atoms with van der Waals surface area (Å²) in [4.78, 5) is 17.3. The molecule has 0 atom stereocenters. The smallest absolute Gasteiger partial charge is 0.204 e. The van der Waals surface area contributed by atoms with Gasteiger partial charge in [-0.05, 0) is 42.0 Å². The van der Waals surface area contributed by atoms with Crippen LogP contribution < -0.4 is 5.32 Å². The van der Waals surface area contributed by atoms with Gasteiger partial charge in [-0.1, -0.05) is 51.0 Å². The summed E-state index contributed by atoms with van der Waals surface area (Å²) in [5.74, 6) is -0.0224. The van der Waals surface area contributed by atoms with Crippen molar-refractivity contribution in [1.82, 2.24) is 4.98 Å². The Morgan fingerprint density at radius 3 is 2.74 bits per heavy atom. The van der Waals surface area contributed by atoms with Crippen LogP contribution in [0, 0.1) is 0 Å². The van der Waals surface area contributed by atoms with Crippen LogP contribution in [0.5, 0.6) is 0 Å². The number of benzene rings is 2. The molecule has 1 heterocycles. The molecule has 1 N–H and O–H groups in total. The maximum Gasteiger partial charge on any atom is 0.204 e. The lowest BCUT2D eigenvalue weighted by Gasteiger charge is -2.03. The van der Waals surface area contributed by atoms with Gasteiger partial charge in [0, 0.05) is 21.6 Å². The second kappa shape index (κ2) is 7.25. The molecule has 0 bridgehead atoms. The maximum absolute atomic E-state index is 12.4. The van der Waals surface area contributed by atoms with E-state index in [1.165, 1.54) is 11.3 Å². The van der Waals surface area contributed by atoms with Crippen LogP contribution in [0.4, 0.5) is 5.13 Å². The zero-order chi connectivity index (χ0) is 16.2. The van der Waals surface area contributed by atoms with Crippen molar-refractivity contribution in [3.63, 3.8) is 0 Å². The van der Waals surface area contributed by atoms with Crippen molar-refractivity contribution in [2.24, 2.45) is 0 Å². The summed E-state index contributed by atoms with van der Waals surface area (Å²) in [7, 11) is 0. The highest BCUT2D eigenvalue weighted by molar-refractivity contribution is 9.10. The molecule has 6 heteroatoms. The van der Waals surface area contributed by atoms with Gasteiger partial charge in [-0.3, -0.25) is 4.79 Å². The van der Waals surface area contributed by atoms with Crippen molar-refractivity contribution >= 4 is 49.8 Å². The fraction of sp³-hybridized carbons (Fsp3) is 0.0588. The molecule has 23 heavy (non-hydrogen) atoms. The first-order chi connectivity index (χ1) is 11.1. The zero-order valence-electron chi connectivity index (χ0n) is 11.9. The monoisotopic (exact) mass is 406 g/mol. The molecule has 3 nitrogen and oxygen atoms in total. The lowest BCUT2D eigenvalue weighted by molar-refractivity contribution is 0.104. The molecule has 0 saturated carbocycles. The minimum absolute atomic E-state index is 0.0224. The molecule has 116 valence electrons. The number of thiazole rings is 1. The first kappa shape index (κ1) is 16.2. The van der Waals surface area contributed by atoms with Crippen molar-refractivity contribution in [2.75, 3.05) is 5.32 Å². The van der Waals surface area contributed by atoms with E-state index in [1.807, 2.05) is 36.4 Å².